The van der Waals surface area contributed by atoms with Crippen LogP contribution in [0.1, 0.15) is 11.5 Å². The second-order valence-electron chi connectivity index (χ2n) is 5.98. The van der Waals surface area contributed by atoms with Gasteiger partial charge in [-0.15, -0.1) is 0 Å². The van der Waals surface area contributed by atoms with Crippen molar-refractivity contribution in [1.29, 1.82) is 0 Å². The van der Waals surface area contributed by atoms with Crippen molar-refractivity contribution in [3.63, 3.8) is 0 Å². The van der Waals surface area contributed by atoms with Crippen molar-refractivity contribution in [3.05, 3.63) is 35.9 Å². The summed E-state index contributed by atoms with van der Waals surface area (Å²) in [6, 6.07) is 10.1. The fourth-order valence-electron chi connectivity index (χ4n) is 3.38. The first-order valence-electron chi connectivity index (χ1n) is 7.74. The molecule has 2 fully saturated rings. The molecule has 6 nitrogen and oxygen atoms in total. The summed E-state index contributed by atoms with van der Waals surface area (Å²) in [5.74, 6) is 0.707. The fourth-order valence-corrected chi connectivity index (χ4v) is 3.38. The Bertz CT molecular complexity index is 532. The van der Waals surface area contributed by atoms with Crippen molar-refractivity contribution in [2.75, 3.05) is 39.3 Å². The number of rotatable bonds is 5. The van der Waals surface area contributed by atoms with Gasteiger partial charge in [-0.25, -0.2) is 4.79 Å². The molecular formula is C16H22N4O2. The number of benzene rings is 1. The van der Waals surface area contributed by atoms with E-state index in [4.69, 9.17) is 5.73 Å². The average Bonchev–Trinajstić information content (AvgIpc) is 3.10. The van der Waals surface area contributed by atoms with Gasteiger partial charge in [0.2, 0.25) is 5.91 Å². The Labute approximate surface area is 130 Å². The first-order chi connectivity index (χ1) is 10.7. The first kappa shape index (κ1) is 15.0. The minimum absolute atomic E-state index is 0.122. The van der Waals surface area contributed by atoms with E-state index in [2.05, 4.69) is 34.5 Å². The third-order valence-corrected chi connectivity index (χ3v) is 4.62. The Morgan fingerprint density at radius 2 is 1.91 bits per heavy atom. The van der Waals surface area contributed by atoms with Crippen molar-refractivity contribution >= 4 is 11.9 Å². The number of nitrogens with two attached hydrogens (primary N) is 1. The number of nitrogens with zero attached hydrogens (tertiary/aromatic N) is 2. The molecule has 0 radical (unpaired) electrons. The van der Waals surface area contributed by atoms with Gasteiger partial charge in [-0.3, -0.25) is 9.69 Å². The molecule has 1 aromatic rings. The maximum Gasteiger partial charge on any atom is 0.324 e. The molecule has 2 atom stereocenters. The Balaban J connectivity index is 1.60. The maximum atomic E-state index is 11.6. The Hall–Kier alpha value is -1.92. The number of urea groups is 1. The molecule has 0 aliphatic carbocycles. The summed E-state index contributed by atoms with van der Waals surface area (Å²) in [7, 11) is 0. The number of hydrogen-bond acceptors (Lipinski definition) is 4. The van der Waals surface area contributed by atoms with Gasteiger partial charge in [0.25, 0.3) is 0 Å². The summed E-state index contributed by atoms with van der Waals surface area (Å²) < 4.78 is 0. The van der Waals surface area contributed by atoms with E-state index in [1.165, 1.54) is 10.5 Å². The van der Waals surface area contributed by atoms with Crippen LogP contribution < -0.4 is 11.1 Å². The molecule has 22 heavy (non-hydrogen) atoms. The van der Waals surface area contributed by atoms with E-state index in [1.54, 1.807) is 0 Å². The highest BCUT2D eigenvalue weighted by Gasteiger charge is 2.34. The van der Waals surface area contributed by atoms with Gasteiger partial charge in [0.05, 0.1) is 6.54 Å². The van der Waals surface area contributed by atoms with Crippen LogP contribution in [0, 0.1) is 5.92 Å². The van der Waals surface area contributed by atoms with E-state index in [1.807, 2.05) is 6.07 Å². The zero-order valence-corrected chi connectivity index (χ0v) is 12.6. The molecule has 2 saturated heterocycles. The van der Waals surface area contributed by atoms with Gasteiger partial charge in [0.1, 0.15) is 0 Å². The van der Waals surface area contributed by atoms with E-state index >= 15 is 0 Å². The van der Waals surface area contributed by atoms with E-state index in [0.717, 1.165) is 13.1 Å². The minimum Gasteiger partial charge on any atom is -0.330 e. The number of hydrogen-bond donors (Lipinski definition) is 2. The number of carbonyl (C=O) groups is 2. The van der Waals surface area contributed by atoms with Crippen LogP contribution in [0.5, 0.6) is 0 Å². The van der Waals surface area contributed by atoms with Crippen LogP contribution >= 0.6 is 0 Å². The van der Waals surface area contributed by atoms with Crippen molar-refractivity contribution in [2.24, 2.45) is 11.7 Å². The van der Waals surface area contributed by atoms with E-state index in [0.29, 0.717) is 31.5 Å². The molecule has 3 rings (SSSR count). The maximum absolute atomic E-state index is 11.6. The predicted molar refractivity (Wildman–Crippen MR) is 83.3 cm³/mol. The zero-order chi connectivity index (χ0) is 15.5. The van der Waals surface area contributed by atoms with Crippen molar-refractivity contribution in [3.8, 4) is 0 Å². The lowest BCUT2D eigenvalue weighted by Gasteiger charge is -2.19. The van der Waals surface area contributed by atoms with E-state index < -0.39 is 0 Å². The average molecular weight is 302 g/mol. The van der Waals surface area contributed by atoms with Gasteiger partial charge >= 0.3 is 6.03 Å². The highest BCUT2D eigenvalue weighted by molar-refractivity contribution is 6.01. The largest absolute Gasteiger partial charge is 0.330 e. The molecule has 6 heteroatoms. The molecule has 0 unspecified atom stereocenters. The first-order valence-corrected chi connectivity index (χ1v) is 7.74. The van der Waals surface area contributed by atoms with Gasteiger partial charge in [0.15, 0.2) is 0 Å². The molecule has 2 aliphatic rings. The molecule has 3 amide bonds. The third-order valence-electron chi connectivity index (χ3n) is 4.62. The quantitative estimate of drug-likeness (QED) is 0.762. The van der Waals surface area contributed by atoms with E-state index in [9.17, 15) is 9.59 Å². The highest BCUT2D eigenvalue weighted by atomic mass is 16.2. The van der Waals surface area contributed by atoms with Crippen LogP contribution in [-0.4, -0.2) is 61.0 Å². The highest BCUT2D eigenvalue weighted by Crippen LogP contribution is 2.31. The van der Waals surface area contributed by atoms with Gasteiger partial charge in [-0.1, -0.05) is 30.3 Å². The molecule has 0 spiro atoms. The summed E-state index contributed by atoms with van der Waals surface area (Å²) in [5.41, 5.74) is 7.25. The SMILES string of the molecule is NC[C@@H]1CN(CCN2C(=O)CNC2=O)C[C@H]1c1ccccc1. The number of carbonyl (C=O) groups excluding carboxylic acids is 2. The molecular weight excluding hydrogens is 280 g/mol. The Morgan fingerprint density at radius 3 is 2.55 bits per heavy atom. The summed E-state index contributed by atoms with van der Waals surface area (Å²) in [6.45, 7) is 3.77. The normalized spacial score (nSPS) is 25.8. The summed E-state index contributed by atoms with van der Waals surface area (Å²) in [5, 5.41) is 2.55. The van der Waals surface area contributed by atoms with Crippen LogP contribution in [0.15, 0.2) is 30.3 Å². The van der Waals surface area contributed by atoms with Gasteiger partial charge in [-0.05, 0) is 18.0 Å². The zero-order valence-electron chi connectivity index (χ0n) is 12.6. The van der Waals surface area contributed by atoms with Crippen molar-refractivity contribution in [2.45, 2.75) is 5.92 Å². The van der Waals surface area contributed by atoms with Crippen LogP contribution in [0.25, 0.3) is 0 Å². The second kappa shape index (κ2) is 6.46. The van der Waals surface area contributed by atoms with Crippen molar-refractivity contribution in [1.82, 2.24) is 15.1 Å². The molecule has 0 saturated carbocycles. The smallest absolute Gasteiger partial charge is 0.324 e. The molecule has 0 bridgehead atoms. The van der Waals surface area contributed by atoms with Gasteiger partial charge in [-0.2, -0.15) is 0 Å². The lowest BCUT2D eigenvalue weighted by atomic mass is 9.89. The monoisotopic (exact) mass is 302 g/mol. The second-order valence-corrected chi connectivity index (χ2v) is 5.98. The molecule has 0 aromatic heterocycles. The van der Waals surface area contributed by atoms with Crippen LogP contribution in [0.4, 0.5) is 4.79 Å². The summed E-state index contributed by atoms with van der Waals surface area (Å²) >= 11 is 0. The van der Waals surface area contributed by atoms with Crippen LogP contribution in [0.3, 0.4) is 0 Å². The summed E-state index contributed by atoms with van der Waals surface area (Å²) in [6.07, 6.45) is 0. The lowest BCUT2D eigenvalue weighted by Crippen LogP contribution is -2.38. The molecule has 2 heterocycles. The number of amides is 3. The summed E-state index contributed by atoms with van der Waals surface area (Å²) in [4.78, 5) is 26.7. The molecule has 2 aliphatic heterocycles. The van der Waals surface area contributed by atoms with Crippen LogP contribution in [-0.2, 0) is 4.79 Å². The number of imide groups is 1. The van der Waals surface area contributed by atoms with E-state index in [-0.39, 0.29) is 18.5 Å². The number of nitrogens with one attached hydrogen (secondary N) is 1. The van der Waals surface area contributed by atoms with Gasteiger partial charge < -0.3 is 16.0 Å². The molecule has 118 valence electrons. The third kappa shape index (κ3) is 2.98. The van der Waals surface area contributed by atoms with Crippen molar-refractivity contribution < 1.29 is 9.59 Å². The Kier molecular flexibility index (Phi) is 4.40. The predicted octanol–water partition coefficient (Wildman–Crippen LogP) is 0.213. The lowest BCUT2D eigenvalue weighted by molar-refractivity contribution is -0.125. The molecule has 3 N–H and O–H groups in total. The fraction of sp³-hybridized carbons (Fsp3) is 0.500. The standard InChI is InChI=1S/C16H22N4O2/c17-8-13-10-19(6-7-20-15(21)9-18-16(20)22)11-14(13)12-4-2-1-3-5-12/h1-5,13-14H,6-11,17H2,(H,18,22)/t13-,14+/m1/s1. The molecule has 1 aromatic carbocycles. The minimum atomic E-state index is -0.279. The van der Waals surface area contributed by atoms with Gasteiger partial charge in [0, 0.05) is 32.1 Å². The topological polar surface area (TPSA) is 78.7 Å². The van der Waals surface area contributed by atoms with Crippen LogP contribution in [0.2, 0.25) is 0 Å². The Morgan fingerprint density at radius 1 is 1.14 bits per heavy atom. The number of likely N-dealkylation sites (tertiary alicyclic amines) is 1.